The monoisotopic (exact) mass is 1200 g/mol. The minimum Gasteiger partial charge on any atom is -0.370 e. The number of nitrogens with zero attached hydrogens (tertiary/aromatic N) is 4. The Kier molecular flexibility index (Phi) is 34.6. The fraction of sp³-hybridized carbons (Fsp3) is 0.704. The molecule has 0 aromatic heterocycles. The highest BCUT2D eigenvalue weighted by Crippen LogP contribution is 2.26. The molecule has 0 spiro atoms. The Labute approximate surface area is 495 Å². The van der Waals surface area contributed by atoms with Gasteiger partial charge in [-0.15, -0.1) is 0 Å². The molecule has 0 bridgehead atoms. The minimum atomic E-state index is -1.36. The lowest BCUT2D eigenvalue weighted by atomic mass is 9.89. The highest BCUT2D eigenvalue weighted by Gasteiger charge is 2.40. The van der Waals surface area contributed by atoms with E-state index in [9.17, 15) is 62.3 Å². The van der Waals surface area contributed by atoms with Crippen LogP contribution in [0.15, 0.2) is 15.0 Å². The van der Waals surface area contributed by atoms with E-state index in [2.05, 4.69) is 41.6 Å². The summed E-state index contributed by atoms with van der Waals surface area (Å²) in [6.45, 7) is 6.66. The van der Waals surface area contributed by atoms with Crippen molar-refractivity contribution in [3.8, 4) is 0 Å². The van der Waals surface area contributed by atoms with Crippen LogP contribution in [0.4, 0.5) is 0 Å². The Balaban J connectivity index is 3.60. The highest BCUT2D eigenvalue weighted by atomic mass is 16.2. The summed E-state index contributed by atoms with van der Waals surface area (Å²) < 4.78 is 0. The van der Waals surface area contributed by atoms with Gasteiger partial charge in [0.25, 0.3) is 0 Å². The number of hydrogen-bond donors (Lipinski definition) is 14. The summed E-state index contributed by atoms with van der Waals surface area (Å²) >= 11 is 0. The first-order valence-electron chi connectivity index (χ1n) is 28.7. The van der Waals surface area contributed by atoms with E-state index >= 15 is 0 Å². The van der Waals surface area contributed by atoms with Gasteiger partial charge < -0.3 is 87.9 Å². The van der Waals surface area contributed by atoms with Crippen LogP contribution in [-0.4, -0.2) is 163 Å². The topological polar surface area (TPSA) is 557 Å². The molecule has 85 heavy (non-hydrogen) atoms. The average molecular weight is 1200 g/mol. The number of amides is 9. The summed E-state index contributed by atoms with van der Waals surface area (Å²) in [5.74, 6) is -13.9. The molecule has 0 radical (unpaired) electrons. The molecule has 0 aliphatic carbocycles. The van der Waals surface area contributed by atoms with E-state index in [1.54, 1.807) is 0 Å². The summed E-state index contributed by atoms with van der Waals surface area (Å²) in [7, 11) is 1.34. The van der Waals surface area contributed by atoms with Crippen LogP contribution in [0, 0.1) is 29.6 Å². The predicted molar refractivity (Wildman–Crippen MR) is 315 cm³/mol. The van der Waals surface area contributed by atoms with Gasteiger partial charge in [-0.25, -0.2) is 0 Å². The minimum absolute atomic E-state index is 0.00531. The predicted octanol–water partition coefficient (Wildman–Crippen LogP) is -3.99. The van der Waals surface area contributed by atoms with E-state index < -0.39 is 150 Å². The molecule has 1 heterocycles. The average Bonchev–Trinajstić information content (AvgIpc) is 3.62. The van der Waals surface area contributed by atoms with Crippen molar-refractivity contribution in [2.75, 3.05) is 33.2 Å². The first kappa shape index (κ1) is 74.7. The van der Waals surface area contributed by atoms with Crippen molar-refractivity contribution in [1.29, 1.82) is 0 Å². The Hall–Kier alpha value is -8.28. The number of primary amides is 3. The van der Waals surface area contributed by atoms with Gasteiger partial charge in [0.05, 0.1) is 18.1 Å². The number of ketones is 4. The van der Waals surface area contributed by atoms with Gasteiger partial charge in [0.2, 0.25) is 53.2 Å². The van der Waals surface area contributed by atoms with Crippen molar-refractivity contribution in [3.63, 3.8) is 0 Å². The lowest BCUT2D eigenvalue weighted by Crippen LogP contribution is -2.54. The molecule has 0 unspecified atom stereocenters. The molecule has 31 heteroatoms. The molecule has 0 aromatic carbocycles. The van der Waals surface area contributed by atoms with Crippen LogP contribution in [0.5, 0.6) is 0 Å². The molecule has 1 aliphatic rings. The molecule has 1 rings (SSSR count). The van der Waals surface area contributed by atoms with Gasteiger partial charge in [0, 0.05) is 102 Å². The molecule has 1 saturated heterocycles. The van der Waals surface area contributed by atoms with E-state index in [0.717, 1.165) is 0 Å². The second-order valence-electron chi connectivity index (χ2n) is 21.9. The zero-order valence-corrected chi connectivity index (χ0v) is 49.8. The Bertz CT molecular complexity index is 2420. The molecule has 1 aliphatic heterocycles. The van der Waals surface area contributed by atoms with Crippen LogP contribution in [0.25, 0.3) is 0 Å². The molecule has 1 fully saturated rings. The first-order valence-corrected chi connectivity index (χ1v) is 28.7. The zero-order valence-electron chi connectivity index (χ0n) is 49.8. The van der Waals surface area contributed by atoms with Gasteiger partial charge in [-0.2, -0.15) is 0 Å². The van der Waals surface area contributed by atoms with E-state index in [0.29, 0.717) is 12.8 Å². The molecule has 31 nitrogen and oxygen atoms in total. The first-order chi connectivity index (χ1) is 39.9. The standard InChI is InChI=1S/C54H94N18O13/c1-29(2)24-35(25-30(3)73)48(82)70-36(11-7-21-66-53(60)61)41(75)27-33(15-18-44(56)78)46(80)68-31(4)40(74)26-32(14-17-43(55)77)47(81)69-37(12-8-22-67-54(62)63)42(76)28-34(10-6-20-65-52(58)59)51(85)72-23-9-13-39(72)50(84)71-38(49(83)64-5)16-19-45(57)79/h29,31-39H,6-28H2,1-5H3,(H2,55,77)(H2,56,78)(H2,57,79)(H,64,83)(H,68,80)(H,69,81)(H,70,82)(H,71,84)(H4,58,59,65)(H4,60,61,66)(H4,62,63,67)/t31-,32+,33+,34+,35+,36-,37-,38-,39-/m0/s1. The van der Waals surface area contributed by atoms with Crippen molar-refractivity contribution in [2.24, 2.45) is 96.2 Å². The third-order valence-electron chi connectivity index (χ3n) is 14.1. The van der Waals surface area contributed by atoms with E-state index in [1.165, 1.54) is 25.8 Å². The zero-order chi connectivity index (χ0) is 64.5. The van der Waals surface area contributed by atoms with Crippen LogP contribution in [0.3, 0.4) is 0 Å². The number of nitrogens with one attached hydrogen (secondary N) is 5. The van der Waals surface area contributed by atoms with Crippen molar-refractivity contribution < 1.29 is 62.3 Å². The maximum atomic E-state index is 14.6. The van der Waals surface area contributed by atoms with Gasteiger partial charge in [-0.1, -0.05) is 13.8 Å². The van der Waals surface area contributed by atoms with Crippen LogP contribution in [0.1, 0.15) is 150 Å². The van der Waals surface area contributed by atoms with Gasteiger partial charge in [-0.05, 0) is 96.8 Å². The second kappa shape index (κ2) is 39.3. The van der Waals surface area contributed by atoms with E-state index in [4.69, 9.17) is 51.6 Å². The normalized spacial score (nSPS) is 15.6. The third kappa shape index (κ3) is 30.7. The summed E-state index contributed by atoms with van der Waals surface area (Å²) in [6.07, 6.45) is -1.95. The molecular formula is C54H94N18O13. The Morgan fingerprint density at radius 1 is 0.482 bits per heavy atom. The van der Waals surface area contributed by atoms with Crippen LogP contribution >= 0.6 is 0 Å². The Morgan fingerprint density at radius 3 is 1.34 bits per heavy atom. The lowest BCUT2D eigenvalue weighted by Gasteiger charge is -2.30. The number of likely N-dealkylation sites (tertiary alicyclic amines) is 1. The molecule has 23 N–H and O–H groups in total. The maximum absolute atomic E-state index is 14.6. The summed E-state index contributed by atoms with van der Waals surface area (Å²) in [4.78, 5) is 187. The van der Waals surface area contributed by atoms with Crippen molar-refractivity contribution >= 4 is 94.2 Å². The molecule has 0 aromatic rings. The van der Waals surface area contributed by atoms with E-state index in [1.807, 2.05) is 13.8 Å². The molecular weight excluding hydrogens is 1110 g/mol. The number of rotatable bonds is 44. The number of Topliss-reactive ketones (excluding diaryl/α,β-unsaturated/α-hetero) is 4. The lowest BCUT2D eigenvalue weighted by molar-refractivity contribution is -0.144. The van der Waals surface area contributed by atoms with Crippen LogP contribution < -0.4 is 78.2 Å². The number of carbonyl (C=O) groups excluding carboxylic acids is 13. The van der Waals surface area contributed by atoms with E-state index in [-0.39, 0.29) is 139 Å². The number of nitrogens with two attached hydrogens (primary N) is 9. The van der Waals surface area contributed by atoms with Gasteiger partial charge >= 0.3 is 0 Å². The number of aliphatic imine (C=N–C) groups is 3. The fourth-order valence-corrected chi connectivity index (χ4v) is 9.69. The molecule has 478 valence electrons. The number of likely N-dealkylation sites (N-methyl/N-ethyl adjacent to an activating group) is 1. The molecule has 9 atom stereocenters. The Morgan fingerprint density at radius 2 is 0.906 bits per heavy atom. The maximum Gasteiger partial charge on any atom is 0.243 e. The van der Waals surface area contributed by atoms with Crippen molar-refractivity contribution in [3.05, 3.63) is 0 Å². The molecule has 9 amide bonds. The third-order valence-corrected chi connectivity index (χ3v) is 14.1. The number of hydrogen-bond acceptors (Lipinski definition) is 16. The number of carbonyl (C=O) groups is 13. The largest absolute Gasteiger partial charge is 0.370 e. The SMILES string of the molecule is CNC(=O)[C@H](CCC(N)=O)NC(=O)[C@@H]1CCCN1C(=O)[C@H](CCCN=C(N)N)CC(=O)[C@H](CCCN=C(N)N)NC(=O)[C@H](CCC(N)=O)CC(=O)[C@H](C)NC(=O)[C@H](CCC(N)=O)CC(=O)[C@H](CCCN=C(N)N)NC(=O)[C@@H](CC(C)=O)CC(C)C. The van der Waals surface area contributed by atoms with Crippen LogP contribution in [-0.2, 0) is 62.3 Å². The van der Waals surface area contributed by atoms with Gasteiger partial charge in [-0.3, -0.25) is 72.5 Å². The van der Waals surface area contributed by atoms with Gasteiger partial charge in [0.15, 0.2) is 35.2 Å². The van der Waals surface area contributed by atoms with Crippen molar-refractivity contribution in [1.82, 2.24) is 31.5 Å². The number of guanidine groups is 3. The highest BCUT2D eigenvalue weighted by molar-refractivity contribution is 5.98. The fourth-order valence-electron chi connectivity index (χ4n) is 9.69. The van der Waals surface area contributed by atoms with Crippen molar-refractivity contribution in [2.45, 2.75) is 180 Å². The summed E-state index contributed by atoms with van der Waals surface area (Å²) in [6, 6.07) is -6.12. The summed E-state index contributed by atoms with van der Waals surface area (Å²) in [5.41, 5.74) is 49.3. The quantitative estimate of drug-likeness (QED) is 0.0157. The second-order valence-corrected chi connectivity index (χ2v) is 21.9. The smallest absolute Gasteiger partial charge is 0.243 e. The van der Waals surface area contributed by atoms with Gasteiger partial charge in [0.1, 0.15) is 17.9 Å². The molecule has 0 saturated carbocycles. The summed E-state index contributed by atoms with van der Waals surface area (Å²) in [5, 5.41) is 13.0. The van der Waals surface area contributed by atoms with Crippen LogP contribution in [0.2, 0.25) is 0 Å².